The number of nitrogen functional groups attached to an aromatic ring is 1. The number of nitrogens with zero attached hydrogens (tertiary/aromatic N) is 2. The highest BCUT2D eigenvalue weighted by Crippen LogP contribution is 2.25. The minimum atomic E-state index is 0.272. The van der Waals surface area contributed by atoms with E-state index >= 15 is 0 Å². The Balaban J connectivity index is 1.80. The van der Waals surface area contributed by atoms with Gasteiger partial charge in [0.25, 0.3) is 0 Å². The van der Waals surface area contributed by atoms with Crippen LogP contribution in [0.1, 0.15) is 12.8 Å². The van der Waals surface area contributed by atoms with Crippen LogP contribution in [0, 0.1) is 0 Å². The highest BCUT2D eigenvalue weighted by Gasteiger charge is 2.18. The summed E-state index contributed by atoms with van der Waals surface area (Å²) >= 11 is 1.68. The van der Waals surface area contributed by atoms with Gasteiger partial charge in [-0.25, -0.2) is 4.68 Å². The van der Waals surface area contributed by atoms with Crippen LogP contribution in [0.15, 0.2) is 23.6 Å². The Morgan fingerprint density at radius 1 is 1.59 bits per heavy atom. The number of anilines is 1. The normalized spacial score (nSPS) is 19.9. The molecule has 2 aromatic heterocycles. The number of hydrogen-bond acceptors (Lipinski definition) is 4. The Labute approximate surface area is 104 Å². The van der Waals surface area contributed by atoms with Crippen molar-refractivity contribution >= 4 is 17.2 Å². The van der Waals surface area contributed by atoms with E-state index in [-0.39, 0.29) is 6.10 Å². The van der Waals surface area contributed by atoms with Crippen molar-refractivity contribution < 1.29 is 4.74 Å². The largest absolute Gasteiger partial charge is 0.384 e. The van der Waals surface area contributed by atoms with Crippen molar-refractivity contribution in [2.45, 2.75) is 25.5 Å². The van der Waals surface area contributed by atoms with Gasteiger partial charge < -0.3 is 10.5 Å². The van der Waals surface area contributed by atoms with Crippen molar-refractivity contribution in [3.8, 4) is 10.6 Å². The molecule has 0 radical (unpaired) electrons. The lowest BCUT2D eigenvalue weighted by Crippen LogP contribution is -2.17. The lowest BCUT2D eigenvalue weighted by molar-refractivity contribution is 0.0946. The van der Waals surface area contributed by atoms with Crippen LogP contribution in [0.4, 0.5) is 5.82 Å². The molecule has 0 aliphatic carbocycles. The van der Waals surface area contributed by atoms with Crippen molar-refractivity contribution in [1.29, 1.82) is 0 Å². The standard InChI is InChI=1S/C12H15N3OS/c13-12-7-10(11-4-2-6-17-11)14-15(12)8-9-3-1-5-16-9/h2,4,6-7,9H,1,3,5,8,13H2/t9-/m0/s1. The van der Waals surface area contributed by atoms with Gasteiger partial charge in [0.05, 0.1) is 17.5 Å². The first-order valence-corrected chi connectivity index (χ1v) is 6.70. The van der Waals surface area contributed by atoms with E-state index in [1.807, 2.05) is 22.2 Å². The summed E-state index contributed by atoms with van der Waals surface area (Å²) in [7, 11) is 0. The molecule has 1 atom stereocenters. The van der Waals surface area contributed by atoms with Gasteiger partial charge >= 0.3 is 0 Å². The number of thiophene rings is 1. The van der Waals surface area contributed by atoms with Crippen LogP contribution in [0.2, 0.25) is 0 Å². The van der Waals surface area contributed by atoms with E-state index in [0.29, 0.717) is 5.82 Å². The van der Waals surface area contributed by atoms with Crippen LogP contribution in [0.3, 0.4) is 0 Å². The smallest absolute Gasteiger partial charge is 0.122 e. The van der Waals surface area contributed by atoms with Gasteiger partial charge in [0.15, 0.2) is 0 Å². The highest BCUT2D eigenvalue weighted by molar-refractivity contribution is 7.13. The molecule has 0 unspecified atom stereocenters. The third-order valence-electron chi connectivity index (χ3n) is 2.99. The van der Waals surface area contributed by atoms with Gasteiger partial charge in [0.1, 0.15) is 11.5 Å². The van der Waals surface area contributed by atoms with Gasteiger partial charge in [0, 0.05) is 12.7 Å². The monoisotopic (exact) mass is 249 g/mol. The molecule has 3 rings (SSSR count). The van der Waals surface area contributed by atoms with Crippen molar-refractivity contribution in [2.24, 2.45) is 0 Å². The fourth-order valence-electron chi connectivity index (χ4n) is 2.10. The molecule has 0 spiro atoms. The first kappa shape index (κ1) is 10.8. The van der Waals surface area contributed by atoms with E-state index in [1.165, 1.54) is 0 Å². The van der Waals surface area contributed by atoms with E-state index in [9.17, 15) is 0 Å². The van der Waals surface area contributed by atoms with E-state index in [2.05, 4.69) is 11.2 Å². The van der Waals surface area contributed by atoms with Gasteiger partial charge in [0.2, 0.25) is 0 Å². The fourth-order valence-corrected chi connectivity index (χ4v) is 2.78. The average molecular weight is 249 g/mol. The van der Waals surface area contributed by atoms with Crippen molar-refractivity contribution in [2.75, 3.05) is 12.3 Å². The first-order chi connectivity index (χ1) is 8.33. The van der Waals surface area contributed by atoms with E-state index in [0.717, 1.165) is 36.6 Å². The lowest BCUT2D eigenvalue weighted by Gasteiger charge is -2.10. The first-order valence-electron chi connectivity index (χ1n) is 5.82. The van der Waals surface area contributed by atoms with E-state index in [1.54, 1.807) is 11.3 Å². The van der Waals surface area contributed by atoms with E-state index < -0.39 is 0 Å². The summed E-state index contributed by atoms with van der Waals surface area (Å²) in [5.74, 6) is 0.712. The predicted octanol–water partition coefficient (Wildman–Crippen LogP) is 2.37. The molecule has 4 nitrogen and oxygen atoms in total. The molecule has 17 heavy (non-hydrogen) atoms. The Bertz CT molecular complexity index is 486. The summed E-state index contributed by atoms with van der Waals surface area (Å²) in [5.41, 5.74) is 6.93. The molecular formula is C12H15N3OS. The summed E-state index contributed by atoms with van der Waals surface area (Å²) in [6.45, 7) is 1.63. The molecule has 90 valence electrons. The molecule has 0 saturated carbocycles. The van der Waals surface area contributed by atoms with Crippen LogP contribution in [0.25, 0.3) is 10.6 Å². The topological polar surface area (TPSA) is 53.1 Å². The molecular weight excluding hydrogens is 234 g/mol. The predicted molar refractivity (Wildman–Crippen MR) is 68.9 cm³/mol. The van der Waals surface area contributed by atoms with Crippen LogP contribution in [0.5, 0.6) is 0 Å². The fraction of sp³-hybridized carbons (Fsp3) is 0.417. The summed E-state index contributed by atoms with van der Waals surface area (Å²) in [5, 5.41) is 6.58. The van der Waals surface area contributed by atoms with Crippen molar-refractivity contribution in [3.63, 3.8) is 0 Å². The molecule has 2 N–H and O–H groups in total. The molecule has 1 fully saturated rings. The SMILES string of the molecule is Nc1cc(-c2cccs2)nn1C[C@@H]1CCCO1. The Morgan fingerprint density at radius 3 is 3.24 bits per heavy atom. The van der Waals surface area contributed by atoms with Gasteiger partial charge in [-0.3, -0.25) is 0 Å². The number of aromatic nitrogens is 2. The van der Waals surface area contributed by atoms with Crippen molar-refractivity contribution in [3.05, 3.63) is 23.6 Å². The molecule has 3 heterocycles. The van der Waals surface area contributed by atoms with Gasteiger partial charge in [-0.1, -0.05) is 6.07 Å². The molecule has 1 aliphatic rings. The third-order valence-corrected chi connectivity index (χ3v) is 3.88. The maximum absolute atomic E-state index is 5.98. The number of rotatable bonds is 3. The van der Waals surface area contributed by atoms with E-state index in [4.69, 9.17) is 10.5 Å². The Kier molecular flexibility index (Phi) is 2.86. The maximum atomic E-state index is 5.98. The minimum Gasteiger partial charge on any atom is -0.384 e. The second-order valence-corrected chi connectivity index (χ2v) is 5.20. The molecule has 1 aliphatic heterocycles. The van der Waals surface area contributed by atoms with Crippen LogP contribution >= 0.6 is 11.3 Å². The number of ether oxygens (including phenoxy) is 1. The van der Waals surface area contributed by atoms with Crippen LogP contribution in [-0.2, 0) is 11.3 Å². The maximum Gasteiger partial charge on any atom is 0.122 e. The highest BCUT2D eigenvalue weighted by atomic mass is 32.1. The van der Waals surface area contributed by atoms with Crippen LogP contribution < -0.4 is 5.73 Å². The Hall–Kier alpha value is -1.33. The number of hydrogen-bond donors (Lipinski definition) is 1. The van der Waals surface area contributed by atoms with Gasteiger partial charge in [-0.2, -0.15) is 5.10 Å². The number of nitrogens with two attached hydrogens (primary N) is 1. The molecule has 5 heteroatoms. The lowest BCUT2D eigenvalue weighted by atomic mass is 10.2. The zero-order chi connectivity index (χ0) is 11.7. The molecule has 0 aromatic carbocycles. The molecule has 0 bridgehead atoms. The molecule has 0 amide bonds. The van der Waals surface area contributed by atoms with Crippen LogP contribution in [-0.4, -0.2) is 22.5 Å². The molecule has 1 saturated heterocycles. The third kappa shape index (κ3) is 2.21. The Morgan fingerprint density at radius 2 is 2.53 bits per heavy atom. The summed E-state index contributed by atoms with van der Waals surface area (Å²) in [6.07, 6.45) is 2.52. The second-order valence-electron chi connectivity index (χ2n) is 4.25. The quantitative estimate of drug-likeness (QED) is 0.908. The zero-order valence-electron chi connectivity index (χ0n) is 9.50. The summed E-state index contributed by atoms with van der Waals surface area (Å²) in [4.78, 5) is 1.16. The summed E-state index contributed by atoms with van der Waals surface area (Å²) < 4.78 is 7.45. The zero-order valence-corrected chi connectivity index (χ0v) is 10.3. The molecule has 2 aromatic rings. The van der Waals surface area contributed by atoms with Gasteiger partial charge in [-0.15, -0.1) is 11.3 Å². The van der Waals surface area contributed by atoms with Crippen molar-refractivity contribution in [1.82, 2.24) is 9.78 Å². The average Bonchev–Trinajstić information content (AvgIpc) is 3.02. The van der Waals surface area contributed by atoms with Gasteiger partial charge in [-0.05, 0) is 24.3 Å². The minimum absolute atomic E-state index is 0.272. The summed E-state index contributed by atoms with van der Waals surface area (Å²) in [6, 6.07) is 6.01. The second kappa shape index (κ2) is 4.50.